The van der Waals surface area contributed by atoms with E-state index in [1.807, 2.05) is 13.8 Å². The molecule has 0 aliphatic carbocycles. The Morgan fingerprint density at radius 1 is 1.33 bits per heavy atom. The summed E-state index contributed by atoms with van der Waals surface area (Å²) in [7, 11) is 3.26. The van der Waals surface area contributed by atoms with Gasteiger partial charge in [0, 0.05) is 37.3 Å². The van der Waals surface area contributed by atoms with Crippen LogP contribution in [0.15, 0.2) is 27.7 Å². The van der Waals surface area contributed by atoms with Crippen LogP contribution in [0.3, 0.4) is 0 Å². The number of aliphatic imine (C=N–C) groups is 1. The predicted molar refractivity (Wildman–Crippen MR) is 105 cm³/mol. The first-order chi connectivity index (χ1) is 10.8. The van der Waals surface area contributed by atoms with E-state index in [-0.39, 0.29) is 41.9 Å². The lowest BCUT2D eigenvalue weighted by molar-refractivity contribution is -0.0504. The lowest BCUT2D eigenvalue weighted by atomic mass is 10.1. The van der Waals surface area contributed by atoms with Gasteiger partial charge in [-0.3, -0.25) is 4.99 Å². The first-order valence-electron chi connectivity index (χ1n) is 7.00. The van der Waals surface area contributed by atoms with Crippen LogP contribution in [0.4, 0.5) is 8.78 Å². The van der Waals surface area contributed by atoms with E-state index in [0.29, 0.717) is 18.1 Å². The van der Waals surface area contributed by atoms with Gasteiger partial charge in [-0.2, -0.15) is 8.78 Å². The Morgan fingerprint density at radius 3 is 2.54 bits per heavy atom. The molecule has 0 heterocycles. The highest BCUT2D eigenvalue weighted by atomic mass is 127. The molecule has 24 heavy (non-hydrogen) atoms. The van der Waals surface area contributed by atoms with Gasteiger partial charge < -0.3 is 20.1 Å². The molecule has 9 heteroatoms. The topological polar surface area (TPSA) is 54.9 Å². The van der Waals surface area contributed by atoms with Crippen molar-refractivity contribution in [3.63, 3.8) is 0 Å². The molecule has 0 bridgehead atoms. The molecule has 0 saturated carbocycles. The summed E-state index contributed by atoms with van der Waals surface area (Å²) in [5, 5.41) is 6.18. The molecule has 0 fully saturated rings. The molecule has 0 unspecified atom stereocenters. The molecule has 0 amide bonds. The summed E-state index contributed by atoms with van der Waals surface area (Å²) in [6.07, 6.45) is 0. The summed E-state index contributed by atoms with van der Waals surface area (Å²) in [6.45, 7) is 1.85. The van der Waals surface area contributed by atoms with Crippen LogP contribution >= 0.6 is 39.9 Å². The quantitative estimate of drug-likeness (QED) is 0.326. The Kier molecular flexibility index (Phi) is 10.7. The van der Waals surface area contributed by atoms with Crippen molar-refractivity contribution in [3.05, 3.63) is 28.2 Å². The zero-order valence-corrected chi connectivity index (χ0v) is 17.9. The second-order valence-corrected chi connectivity index (χ2v) is 6.29. The Balaban J connectivity index is 0.00000529. The molecule has 0 saturated heterocycles. The second kappa shape index (κ2) is 11.0. The summed E-state index contributed by atoms with van der Waals surface area (Å²) >= 11 is 3.32. The highest BCUT2D eigenvalue weighted by Crippen LogP contribution is 2.24. The Labute approximate surface area is 166 Å². The number of hydrogen-bond donors (Lipinski definition) is 2. The third-order valence-electron chi connectivity index (χ3n) is 3.14. The van der Waals surface area contributed by atoms with Crippen molar-refractivity contribution < 1.29 is 18.3 Å². The maximum Gasteiger partial charge on any atom is 0.387 e. The minimum absolute atomic E-state index is 0. The molecule has 1 rings (SSSR count). The highest BCUT2D eigenvalue weighted by Gasteiger charge is 2.17. The van der Waals surface area contributed by atoms with E-state index in [2.05, 4.69) is 36.3 Å². The lowest BCUT2D eigenvalue weighted by Gasteiger charge is -2.24. The van der Waals surface area contributed by atoms with Crippen LogP contribution in [0.25, 0.3) is 0 Å². The number of nitrogens with one attached hydrogen (secondary N) is 2. The number of halogens is 4. The SMILES string of the molecule is CN=C(NCc1cc(Br)ccc1OC(F)F)NCC(C)(C)OC.I. The number of guanidine groups is 1. The number of rotatable bonds is 7. The molecule has 0 aromatic heterocycles. The molecule has 5 nitrogen and oxygen atoms in total. The van der Waals surface area contributed by atoms with Crippen LogP contribution < -0.4 is 15.4 Å². The van der Waals surface area contributed by atoms with Gasteiger partial charge in [-0.25, -0.2) is 0 Å². The lowest BCUT2D eigenvalue weighted by Crippen LogP contribution is -2.45. The van der Waals surface area contributed by atoms with E-state index in [0.717, 1.165) is 4.47 Å². The van der Waals surface area contributed by atoms with Gasteiger partial charge in [-0.1, -0.05) is 15.9 Å². The van der Waals surface area contributed by atoms with Crippen molar-refractivity contribution >= 4 is 45.9 Å². The molecule has 0 atom stereocenters. The van der Waals surface area contributed by atoms with E-state index >= 15 is 0 Å². The monoisotopic (exact) mass is 521 g/mol. The predicted octanol–water partition coefficient (Wildman–Crippen LogP) is 3.76. The van der Waals surface area contributed by atoms with Gasteiger partial charge in [-0.05, 0) is 32.0 Å². The summed E-state index contributed by atoms with van der Waals surface area (Å²) in [5.41, 5.74) is 0.241. The Hall–Kier alpha value is -0.680. The summed E-state index contributed by atoms with van der Waals surface area (Å²) in [6, 6.07) is 4.87. The number of alkyl halides is 2. The fourth-order valence-electron chi connectivity index (χ4n) is 1.67. The van der Waals surface area contributed by atoms with Crippen molar-refractivity contribution in [2.45, 2.75) is 32.6 Å². The van der Waals surface area contributed by atoms with Gasteiger partial charge >= 0.3 is 6.61 Å². The number of benzene rings is 1. The van der Waals surface area contributed by atoms with Crippen LogP contribution in [-0.2, 0) is 11.3 Å². The zero-order valence-electron chi connectivity index (χ0n) is 14.0. The number of hydrogen-bond acceptors (Lipinski definition) is 3. The first-order valence-corrected chi connectivity index (χ1v) is 7.79. The fourth-order valence-corrected chi connectivity index (χ4v) is 2.07. The van der Waals surface area contributed by atoms with Gasteiger partial charge in [0.05, 0.1) is 5.60 Å². The molecular weight excluding hydrogens is 499 g/mol. The van der Waals surface area contributed by atoms with Crippen molar-refractivity contribution in [3.8, 4) is 5.75 Å². The average Bonchev–Trinajstić information content (AvgIpc) is 2.49. The number of nitrogens with zero attached hydrogens (tertiary/aromatic N) is 1. The van der Waals surface area contributed by atoms with Crippen LogP contribution in [0.5, 0.6) is 5.75 Å². The van der Waals surface area contributed by atoms with E-state index in [1.165, 1.54) is 6.07 Å². The minimum Gasteiger partial charge on any atom is -0.434 e. The molecule has 138 valence electrons. The van der Waals surface area contributed by atoms with Crippen molar-refractivity contribution in [1.82, 2.24) is 10.6 Å². The molecular formula is C15H23BrF2IN3O2. The fraction of sp³-hybridized carbons (Fsp3) is 0.533. The van der Waals surface area contributed by atoms with Gasteiger partial charge in [0.15, 0.2) is 5.96 Å². The first kappa shape index (κ1) is 23.3. The second-order valence-electron chi connectivity index (χ2n) is 5.37. The van der Waals surface area contributed by atoms with Gasteiger partial charge in [0.1, 0.15) is 5.75 Å². The van der Waals surface area contributed by atoms with E-state index in [4.69, 9.17) is 4.74 Å². The highest BCUT2D eigenvalue weighted by molar-refractivity contribution is 14.0. The van der Waals surface area contributed by atoms with Gasteiger partial charge in [-0.15, -0.1) is 24.0 Å². The molecule has 1 aromatic carbocycles. The molecule has 0 spiro atoms. The molecule has 0 aliphatic heterocycles. The van der Waals surface area contributed by atoms with Gasteiger partial charge in [0.25, 0.3) is 0 Å². The molecule has 0 radical (unpaired) electrons. The van der Waals surface area contributed by atoms with Gasteiger partial charge in [0.2, 0.25) is 0 Å². The Morgan fingerprint density at radius 2 is 2.00 bits per heavy atom. The summed E-state index contributed by atoms with van der Waals surface area (Å²) in [5.74, 6) is 0.668. The Bertz CT molecular complexity index is 545. The standard InChI is InChI=1S/C15H22BrF2N3O2.HI/c1-15(2,22-4)9-21-14(19-3)20-8-10-7-11(16)5-6-12(10)23-13(17)18;/h5-7,13H,8-9H2,1-4H3,(H2,19,20,21);1H. The van der Waals surface area contributed by atoms with E-state index in [9.17, 15) is 8.78 Å². The molecule has 2 N–H and O–H groups in total. The largest absolute Gasteiger partial charge is 0.434 e. The van der Waals surface area contributed by atoms with Crippen LogP contribution in [0, 0.1) is 0 Å². The maximum atomic E-state index is 12.5. The third kappa shape index (κ3) is 8.43. The van der Waals surface area contributed by atoms with Crippen LogP contribution in [-0.4, -0.2) is 38.9 Å². The summed E-state index contributed by atoms with van der Waals surface area (Å²) in [4.78, 5) is 4.09. The van der Waals surface area contributed by atoms with Crippen molar-refractivity contribution in [2.24, 2.45) is 4.99 Å². The zero-order chi connectivity index (χ0) is 17.5. The van der Waals surface area contributed by atoms with E-state index < -0.39 is 6.61 Å². The third-order valence-corrected chi connectivity index (χ3v) is 3.64. The minimum atomic E-state index is -2.87. The van der Waals surface area contributed by atoms with Crippen LogP contribution in [0.2, 0.25) is 0 Å². The molecule has 1 aromatic rings. The maximum absolute atomic E-state index is 12.5. The molecule has 0 aliphatic rings. The number of ether oxygens (including phenoxy) is 2. The normalized spacial score (nSPS) is 11.9. The van der Waals surface area contributed by atoms with E-state index in [1.54, 1.807) is 26.3 Å². The van der Waals surface area contributed by atoms with Crippen molar-refractivity contribution in [2.75, 3.05) is 20.7 Å². The average molecular weight is 522 g/mol. The van der Waals surface area contributed by atoms with Crippen LogP contribution in [0.1, 0.15) is 19.4 Å². The van der Waals surface area contributed by atoms with Crippen molar-refractivity contribution in [1.29, 1.82) is 0 Å². The number of methoxy groups -OCH3 is 1. The smallest absolute Gasteiger partial charge is 0.387 e. The summed E-state index contributed by atoms with van der Waals surface area (Å²) < 4.78 is 35.5.